The fourth-order valence-electron chi connectivity index (χ4n) is 3.02. The van der Waals surface area contributed by atoms with Crippen LogP contribution in [-0.4, -0.2) is 37.8 Å². The molecule has 0 aromatic heterocycles. The Balaban J connectivity index is 1.90. The molecule has 22 heavy (non-hydrogen) atoms. The van der Waals surface area contributed by atoms with Crippen molar-refractivity contribution in [2.24, 2.45) is 4.40 Å². The second-order valence-corrected chi connectivity index (χ2v) is 7.22. The third-order valence-corrected chi connectivity index (χ3v) is 5.42. The summed E-state index contributed by atoms with van der Waals surface area (Å²) in [4.78, 5) is 13.7. The Morgan fingerprint density at radius 2 is 1.77 bits per heavy atom. The van der Waals surface area contributed by atoms with Crippen LogP contribution in [0.3, 0.4) is 0 Å². The molecule has 1 N–H and O–H groups in total. The van der Waals surface area contributed by atoms with Crippen LogP contribution in [0.25, 0.3) is 0 Å². The summed E-state index contributed by atoms with van der Waals surface area (Å²) in [5, 5.41) is 2.68. The lowest BCUT2D eigenvalue weighted by Gasteiger charge is -2.29. The Bertz CT molecular complexity index is 679. The quantitative estimate of drug-likeness (QED) is 0.926. The summed E-state index contributed by atoms with van der Waals surface area (Å²) in [7, 11) is -3.78. The van der Waals surface area contributed by atoms with Gasteiger partial charge in [-0.05, 0) is 25.0 Å². The van der Waals surface area contributed by atoms with Crippen molar-refractivity contribution in [3.05, 3.63) is 30.3 Å². The first-order chi connectivity index (χ1) is 10.6. The highest BCUT2D eigenvalue weighted by molar-refractivity contribution is 7.90. The summed E-state index contributed by atoms with van der Waals surface area (Å²) in [6, 6.07) is 7.90. The van der Waals surface area contributed by atoms with E-state index in [0.717, 1.165) is 25.7 Å². The van der Waals surface area contributed by atoms with Gasteiger partial charge in [0.25, 0.3) is 10.0 Å². The molecular weight excluding hydrogens is 302 g/mol. The van der Waals surface area contributed by atoms with Crippen molar-refractivity contribution in [1.29, 1.82) is 0 Å². The van der Waals surface area contributed by atoms with Crippen molar-refractivity contribution >= 4 is 21.9 Å². The Morgan fingerprint density at radius 1 is 1.09 bits per heavy atom. The fraction of sp³-hybridized carbons (Fsp3) is 0.467. The van der Waals surface area contributed by atoms with Gasteiger partial charge >= 0.3 is 6.03 Å². The number of urea groups is 1. The maximum absolute atomic E-state index is 12.4. The summed E-state index contributed by atoms with van der Waals surface area (Å²) >= 11 is 0. The van der Waals surface area contributed by atoms with Crippen LogP contribution in [0, 0.1) is 0 Å². The molecule has 1 saturated carbocycles. The van der Waals surface area contributed by atoms with Crippen molar-refractivity contribution in [3.63, 3.8) is 0 Å². The Kier molecular flexibility index (Phi) is 4.15. The predicted molar refractivity (Wildman–Crippen MR) is 83.2 cm³/mol. The number of hydrogen-bond donors (Lipinski definition) is 1. The van der Waals surface area contributed by atoms with Crippen molar-refractivity contribution in [2.75, 3.05) is 6.54 Å². The summed E-state index contributed by atoms with van der Waals surface area (Å²) in [5.41, 5.74) is 0. The average molecular weight is 321 g/mol. The topological polar surface area (TPSA) is 78.8 Å². The van der Waals surface area contributed by atoms with E-state index in [1.54, 1.807) is 23.1 Å². The first-order valence-corrected chi connectivity index (χ1v) is 8.98. The summed E-state index contributed by atoms with van der Waals surface area (Å²) < 4.78 is 28.7. The van der Waals surface area contributed by atoms with Crippen LogP contribution < -0.4 is 5.32 Å². The smallest absolute Gasteiger partial charge is 0.323 e. The molecule has 2 aliphatic rings. The fourth-order valence-corrected chi connectivity index (χ4v) is 4.05. The molecule has 7 heteroatoms. The van der Waals surface area contributed by atoms with Gasteiger partial charge in [0.05, 0.1) is 11.4 Å². The number of nitrogens with one attached hydrogen (secondary N) is 1. The molecule has 3 rings (SSSR count). The number of hydrogen-bond acceptors (Lipinski definition) is 3. The van der Waals surface area contributed by atoms with Gasteiger partial charge in [-0.15, -0.1) is 4.40 Å². The number of sulfonamides is 1. The molecule has 1 aliphatic carbocycles. The van der Waals surface area contributed by atoms with Gasteiger partial charge < -0.3 is 5.32 Å². The highest BCUT2D eigenvalue weighted by atomic mass is 32.2. The highest BCUT2D eigenvalue weighted by Crippen LogP contribution is 2.25. The zero-order valence-electron chi connectivity index (χ0n) is 12.2. The maximum Gasteiger partial charge on any atom is 0.323 e. The van der Waals surface area contributed by atoms with Crippen LogP contribution in [-0.2, 0) is 10.0 Å². The van der Waals surface area contributed by atoms with Crippen LogP contribution in [0.15, 0.2) is 39.6 Å². The minimum absolute atomic E-state index is 0.0565. The van der Waals surface area contributed by atoms with Gasteiger partial charge in [-0.3, -0.25) is 4.90 Å². The van der Waals surface area contributed by atoms with Crippen molar-refractivity contribution in [2.45, 2.75) is 43.0 Å². The monoisotopic (exact) mass is 321 g/mol. The summed E-state index contributed by atoms with van der Waals surface area (Å²) in [6.07, 6.45) is 5.09. The van der Waals surface area contributed by atoms with Crippen molar-refractivity contribution in [3.8, 4) is 0 Å². The zero-order chi connectivity index (χ0) is 15.6. The minimum atomic E-state index is -3.78. The van der Waals surface area contributed by atoms with Gasteiger partial charge in [0.2, 0.25) is 0 Å². The molecule has 2 fully saturated rings. The molecule has 1 aliphatic heterocycles. The number of carbonyl (C=O) groups is 1. The molecule has 1 aromatic rings. The van der Waals surface area contributed by atoms with Crippen molar-refractivity contribution in [1.82, 2.24) is 10.2 Å². The number of amidine groups is 1. The normalized spacial score (nSPS) is 22.1. The van der Waals surface area contributed by atoms with Crippen LogP contribution in [0.4, 0.5) is 4.79 Å². The lowest BCUT2D eigenvalue weighted by atomic mass is 9.94. The largest absolute Gasteiger partial charge is 0.330 e. The molecule has 0 radical (unpaired) electrons. The molecule has 1 heterocycles. The summed E-state index contributed by atoms with van der Waals surface area (Å²) in [5.74, 6) is 0.306. The third kappa shape index (κ3) is 2.99. The lowest BCUT2D eigenvalue weighted by molar-refractivity contribution is 0.205. The van der Waals surface area contributed by atoms with Crippen LogP contribution in [0.1, 0.15) is 32.1 Å². The first kappa shape index (κ1) is 15.0. The molecule has 0 bridgehead atoms. The first-order valence-electron chi connectivity index (χ1n) is 7.54. The molecular formula is C15H19N3O3S. The van der Waals surface area contributed by atoms with Crippen molar-refractivity contribution < 1.29 is 13.2 Å². The van der Waals surface area contributed by atoms with Gasteiger partial charge in [0, 0.05) is 6.04 Å². The van der Waals surface area contributed by atoms with E-state index in [1.807, 2.05) is 0 Å². The minimum Gasteiger partial charge on any atom is -0.330 e. The standard InChI is InChI=1S/C15H19N3O3S/c19-15-16-11-14(18(15)12-7-3-1-4-8-12)17-22(20,21)13-9-5-2-6-10-13/h2,5-6,9-10,12H,1,3-4,7-8,11H2,(H,16,19)/b17-14+. The second kappa shape index (κ2) is 6.08. The van der Waals surface area contributed by atoms with Gasteiger partial charge in [0.15, 0.2) is 0 Å². The number of benzene rings is 1. The molecule has 6 nitrogen and oxygen atoms in total. The number of nitrogens with zero attached hydrogens (tertiary/aromatic N) is 2. The molecule has 1 saturated heterocycles. The average Bonchev–Trinajstić information content (AvgIpc) is 2.89. The maximum atomic E-state index is 12.4. The molecule has 0 atom stereocenters. The van der Waals surface area contributed by atoms with E-state index >= 15 is 0 Å². The van der Waals surface area contributed by atoms with Crippen LogP contribution in [0.2, 0.25) is 0 Å². The van der Waals surface area contributed by atoms with Gasteiger partial charge in [-0.1, -0.05) is 37.5 Å². The molecule has 0 spiro atoms. The van der Waals surface area contributed by atoms with Gasteiger partial charge in [-0.2, -0.15) is 8.42 Å². The van der Waals surface area contributed by atoms with E-state index in [-0.39, 0.29) is 23.5 Å². The summed E-state index contributed by atoms with van der Waals surface area (Å²) in [6.45, 7) is 0.168. The van der Waals surface area contributed by atoms with Gasteiger partial charge in [0.1, 0.15) is 5.84 Å². The Hall–Kier alpha value is -1.89. The highest BCUT2D eigenvalue weighted by Gasteiger charge is 2.35. The third-order valence-electron chi connectivity index (χ3n) is 4.10. The molecule has 0 unspecified atom stereocenters. The van der Waals surface area contributed by atoms with E-state index in [2.05, 4.69) is 9.71 Å². The van der Waals surface area contributed by atoms with E-state index in [4.69, 9.17) is 0 Å². The van der Waals surface area contributed by atoms with E-state index in [1.165, 1.54) is 18.6 Å². The zero-order valence-corrected chi connectivity index (χ0v) is 13.1. The van der Waals surface area contributed by atoms with E-state index < -0.39 is 10.0 Å². The number of carbonyl (C=O) groups excluding carboxylic acids is 1. The second-order valence-electron chi connectivity index (χ2n) is 5.62. The lowest BCUT2D eigenvalue weighted by Crippen LogP contribution is -2.42. The SMILES string of the molecule is O=C1NC/C(=N\S(=O)(=O)c2ccccc2)N1C1CCCCC1. The molecule has 1 aromatic carbocycles. The predicted octanol–water partition coefficient (Wildman–Crippen LogP) is 2.13. The van der Waals surface area contributed by atoms with E-state index in [9.17, 15) is 13.2 Å². The number of rotatable bonds is 3. The number of amides is 2. The van der Waals surface area contributed by atoms with Crippen LogP contribution in [0.5, 0.6) is 0 Å². The Labute approximate surface area is 130 Å². The van der Waals surface area contributed by atoms with Gasteiger partial charge in [-0.25, -0.2) is 4.79 Å². The molecule has 118 valence electrons. The van der Waals surface area contributed by atoms with E-state index in [0.29, 0.717) is 5.84 Å². The Morgan fingerprint density at radius 3 is 2.45 bits per heavy atom. The van der Waals surface area contributed by atoms with Crippen LogP contribution >= 0.6 is 0 Å². The molecule has 2 amide bonds.